The zero-order valence-electron chi connectivity index (χ0n) is 24.5. The van der Waals surface area contributed by atoms with Crippen molar-refractivity contribution in [2.45, 2.75) is 51.8 Å². The average molecular weight is 581 g/mol. The van der Waals surface area contributed by atoms with Crippen LogP contribution in [0.5, 0.6) is 0 Å². The van der Waals surface area contributed by atoms with E-state index in [1.165, 1.54) is 10.0 Å². The first-order chi connectivity index (χ1) is 20.0. The Bertz CT molecular complexity index is 1360. The van der Waals surface area contributed by atoms with Crippen LogP contribution in [-0.2, 0) is 23.9 Å². The third-order valence-corrected chi connectivity index (χ3v) is 7.23. The Hall–Kier alpha value is -4.07. The van der Waals surface area contributed by atoms with Gasteiger partial charge in [-0.2, -0.15) is 0 Å². The van der Waals surface area contributed by atoms with E-state index in [2.05, 4.69) is 21.5 Å². The minimum Gasteiger partial charge on any atom is -0.450 e. The van der Waals surface area contributed by atoms with Gasteiger partial charge in [0.05, 0.1) is 10.9 Å². The second-order valence-electron chi connectivity index (χ2n) is 11.1. The van der Waals surface area contributed by atoms with Crippen LogP contribution in [0, 0.1) is 5.41 Å². The Balaban J connectivity index is 1.68. The number of cyclic esters (lactones) is 1. The van der Waals surface area contributed by atoms with Crippen LogP contribution < -0.4 is 32.2 Å². The van der Waals surface area contributed by atoms with Crippen molar-refractivity contribution >= 4 is 46.5 Å². The number of nitrogens with one attached hydrogen (secondary N) is 4. The number of fused-ring (bicyclic) bond motifs is 4. The number of ether oxygens (including phenoxy) is 1. The number of anilines is 1. The lowest BCUT2D eigenvalue weighted by Crippen LogP contribution is -2.62. The van der Waals surface area contributed by atoms with Gasteiger partial charge in [-0.25, -0.2) is 10.4 Å². The first-order valence-corrected chi connectivity index (χ1v) is 14.1. The standard InChI is InChI=1S/C29H40N8O5/c1-18-27(40)37-15-5-6-21(34-37)25(38)35-36(4)24-10-9-20-8-7-19(16-22(20)33-24)11-12-29(2,3)28(41)42-23(26(39)32-18)17-31-14-13-30/h7-12,16,18,21,23,31,34H,5-6,13-15,17,30H2,1-4H3,(H,32,39)(H,35,38)/b12-11+/t18-,21-,23-/m0/s1. The van der Waals surface area contributed by atoms with Crippen LogP contribution >= 0.6 is 0 Å². The van der Waals surface area contributed by atoms with Gasteiger partial charge < -0.3 is 21.1 Å². The summed E-state index contributed by atoms with van der Waals surface area (Å²) in [4.78, 5) is 57.6. The molecule has 1 saturated heterocycles. The van der Waals surface area contributed by atoms with Gasteiger partial charge in [0.25, 0.3) is 17.7 Å². The van der Waals surface area contributed by atoms with Gasteiger partial charge in [-0.3, -0.25) is 34.6 Å². The molecule has 0 unspecified atom stereocenters. The summed E-state index contributed by atoms with van der Waals surface area (Å²) in [6.07, 6.45) is 3.41. The molecule has 0 aliphatic carbocycles. The van der Waals surface area contributed by atoms with E-state index in [-0.39, 0.29) is 12.5 Å². The first-order valence-electron chi connectivity index (χ1n) is 14.1. The normalized spacial score (nSPS) is 24.6. The Morgan fingerprint density at radius 1 is 1.14 bits per heavy atom. The molecule has 2 aliphatic heterocycles. The molecule has 1 aromatic heterocycles. The monoisotopic (exact) mass is 580 g/mol. The topological polar surface area (TPSA) is 171 Å². The fourth-order valence-corrected chi connectivity index (χ4v) is 4.63. The molecule has 5 bridgehead atoms. The van der Waals surface area contributed by atoms with Crippen LogP contribution in [0.1, 0.15) is 39.2 Å². The smallest absolute Gasteiger partial charge is 0.316 e. The van der Waals surface area contributed by atoms with Crippen molar-refractivity contribution in [2.75, 3.05) is 38.2 Å². The van der Waals surface area contributed by atoms with Crippen molar-refractivity contribution in [3.8, 4) is 0 Å². The number of benzene rings is 1. The van der Waals surface area contributed by atoms with Gasteiger partial charge in [-0.15, -0.1) is 0 Å². The van der Waals surface area contributed by atoms with Crippen molar-refractivity contribution in [2.24, 2.45) is 11.1 Å². The highest BCUT2D eigenvalue weighted by atomic mass is 16.5. The maximum Gasteiger partial charge on any atom is 0.316 e. The zero-order chi connectivity index (χ0) is 30.4. The summed E-state index contributed by atoms with van der Waals surface area (Å²) in [5.41, 5.74) is 11.8. The first kappa shape index (κ1) is 30.9. The van der Waals surface area contributed by atoms with Crippen LogP contribution in [0.4, 0.5) is 5.82 Å². The number of nitrogens with two attached hydrogens (primary N) is 1. The van der Waals surface area contributed by atoms with E-state index in [1.54, 1.807) is 46.0 Å². The summed E-state index contributed by atoms with van der Waals surface area (Å²) in [5, 5.41) is 9.45. The number of hydrogen-bond acceptors (Lipinski definition) is 10. The molecule has 3 atom stereocenters. The van der Waals surface area contributed by atoms with E-state index in [0.29, 0.717) is 43.8 Å². The number of hydrogen-bond donors (Lipinski definition) is 5. The Kier molecular flexibility index (Phi) is 9.76. The molecule has 1 fully saturated rings. The van der Waals surface area contributed by atoms with E-state index < -0.39 is 41.4 Å². The molecule has 13 heteroatoms. The lowest BCUT2D eigenvalue weighted by molar-refractivity contribution is -0.162. The molecule has 0 saturated carbocycles. The van der Waals surface area contributed by atoms with Crippen molar-refractivity contribution in [3.63, 3.8) is 0 Å². The highest BCUT2D eigenvalue weighted by Crippen LogP contribution is 2.24. The van der Waals surface area contributed by atoms with Gasteiger partial charge in [0.2, 0.25) is 0 Å². The largest absolute Gasteiger partial charge is 0.450 e. The van der Waals surface area contributed by atoms with Crippen LogP contribution in [0.3, 0.4) is 0 Å². The summed E-state index contributed by atoms with van der Waals surface area (Å²) in [6.45, 7) is 6.07. The van der Waals surface area contributed by atoms with Crippen molar-refractivity contribution in [1.82, 2.24) is 31.5 Å². The number of pyridine rings is 1. The van der Waals surface area contributed by atoms with Gasteiger partial charge in [-0.1, -0.05) is 24.3 Å². The van der Waals surface area contributed by atoms with Crippen LogP contribution in [-0.4, -0.2) is 85.1 Å². The second kappa shape index (κ2) is 13.3. The number of hydrazine groups is 2. The van der Waals surface area contributed by atoms with E-state index >= 15 is 0 Å². The quantitative estimate of drug-likeness (QED) is 0.249. The minimum atomic E-state index is -1.20. The number of rotatable bonds is 4. The summed E-state index contributed by atoms with van der Waals surface area (Å²) in [7, 11) is 1.70. The van der Waals surface area contributed by atoms with E-state index in [9.17, 15) is 19.2 Å². The summed E-state index contributed by atoms with van der Waals surface area (Å²) >= 11 is 0. The number of carbonyl (C=O) groups is 4. The van der Waals surface area contributed by atoms with Crippen molar-refractivity contribution in [3.05, 3.63) is 42.0 Å². The molecular formula is C29H40N8O5. The molecule has 3 heterocycles. The number of amides is 3. The Labute approximate surface area is 245 Å². The maximum atomic E-state index is 13.3. The van der Waals surface area contributed by atoms with Crippen molar-refractivity contribution in [1.29, 1.82) is 0 Å². The van der Waals surface area contributed by atoms with Gasteiger partial charge >= 0.3 is 5.97 Å². The second-order valence-corrected chi connectivity index (χ2v) is 11.1. The third-order valence-electron chi connectivity index (χ3n) is 7.23. The molecule has 2 aromatic rings. The maximum absolute atomic E-state index is 13.3. The molecule has 0 spiro atoms. The van der Waals surface area contributed by atoms with Crippen LogP contribution in [0.25, 0.3) is 17.0 Å². The summed E-state index contributed by atoms with van der Waals surface area (Å²) in [6, 6.07) is 7.82. The molecule has 13 nitrogen and oxygen atoms in total. The zero-order valence-corrected chi connectivity index (χ0v) is 24.5. The molecule has 2 aliphatic rings. The number of nitrogens with zero attached hydrogens (tertiary/aromatic N) is 3. The summed E-state index contributed by atoms with van der Waals surface area (Å²) in [5.74, 6) is -1.44. The lowest BCUT2D eigenvalue weighted by Gasteiger charge is -2.35. The number of esters is 1. The van der Waals surface area contributed by atoms with Crippen LogP contribution in [0.2, 0.25) is 0 Å². The van der Waals surface area contributed by atoms with Crippen LogP contribution in [0.15, 0.2) is 36.4 Å². The summed E-state index contributed by atoms with van der Waals surface area (Å²) < 4.78 is 5.68. The predicted molar refractivity (Wildman–Crippen MR) is 158 cm³/mol. The Morgan fingerprint density at radius 3 is 2.67 bits per heavy atom. The van der Waals surface area contributed by atoms with Gasteiger partial charge in [0, 0.05) is 38.6 Å². The number of aromatic nitrogens is 1. The van der Waals surface area contributed by atoms with E-state index in [4.69, 9.17) is 15.5 Å². The highest BCUT2D eigenvalue weighted by Gasteiger charge is 2.35. The Morgan fingerprint density at radius 2 is 1.90 bits per heavy atom. The molecule has 0 radical (unpaired) electrons. The molecule has 3 amide bonds. The molecular weight excluding hydrogens is 540 g/mol. The fraction of sp³-hybridized carbons (Fsp3) is 0.483. The minimum absolute atomic E-state index is 0.0197. The van der Waals surface area contributed by atoms with Gasteiger partial charge in [0.15, 0.2) is 6.10 Å². The SMILES string of the molecule is C[C@@H]1NC(=O)[C@H](CNCCN)OC(=O)C(C)(C)/C=C/c2ccc3ccc(nc3c2)N(C)NC(=O)[C@@H]2CCCN(N2)C1=O. The fourth-order valence-electron chi connectivity index (χ4n) is 4.63. The highest BCUT2D eigenvalue weighted by molar-refractivity contribution is 5.92. The van der Waals surface area contributed by atoms with Gasteiger partial charge in [-0.05, 0) is 57.4 Å². The van der Waals surface area contributed by atoms with E-state index in [0.717, 1.165) is 10.9 Å². The average Bonchev–Trinajstić information content (AvgIpc) is 2.98. The van der Waals surface area contributed by atoms with E-state index in [1.807, 2.05) is 24.3 Å². The predicted octanol–water partition coefficient (Wildman–Crippen LogP) is 0.216. The third kappa shape index (κ3) is 7.41. The number of carbonyl (C=O) groups excluding carboxylic acids is 4. The lowest BCUT2D eigenvalue weighted by atomic mass is 9.92. The molecule has 42 heavy (non-hydrogen) atoms. The molecule has 6 N–H and O–H groups in total. The van der Waals surface area contributed by atoms with Gasteiger partial charge in [0.1, 0.15) is 17.9 Å². The molecule has 1 aromatic carbocycles. The molecule has 4 rings (SSSR count). The molecule has 226 valence electrons. The van der Waals surface area contributed by atoms with Crippen molar-refractivity contribution < 1.29 is 23.9 Å².